The summed E-state index contributed by atoms with van der Waals surface area (Å²) in [6.07, 6.45) is 3.76. The molecule has 0 spiro atoms. The summed E-state index contributed by atoms with van der Waals surface area (Å²) in [5.41, 5.74) is 0. The van der Waals surface area contributed by atoms with Crippen molar-refractivity contribution in [3.8, 4) is 0 Å². The quantitative estimate of drug-likeness (QED) is 0.646. The molecule has 1 fully saturated rings. The smallest absolute Gasteiger partial charge is 0.150 e. The van der Waals surface area contributed by atoms with Gasteiger partial charge < -0.3 is 4.74 Å². The van der Waals surface area contributed by atoms with Crippen molar-refractivity contribution in [2.24, 2.45) is 5.92 Å². The monoisotopic (exact) mass is 276 g/mol. The van der Waals surface area contributed by atoms with E-state index in [2.05, 4.69) is 0 Å². The number of carbonyl (C=O) groups is 1. The average Bonchev–Trinajstić information content (AvgIpc) is 2.26. The predicted molar refractivity (Wildman–Crippen MR) is 71.3 cm³/mol. The molecule has 1 aliphatic carbocycles. The molecule has 5 heteroatoms. The maximum Gasteiger partial charge on any atom is 0.150 e. The summed E-state index contributed by atoms with van der Waals surface area (Å²) in [7, 11) is -2.92. The van der Waals surface area contributed by atoms with Gasteiger partial charge in [0.2, 0.25) is 0 Å². The van der Waals surface area contributed by atoms with Crippen LogP contribution in [0.25, 0.3) is 0 Å². The van der Waals surface area contributed by atoms with E-state index in [9.17, 15) is 13.2 Å². The molecular weight excluding hydrogens is 252 g/mol. The Balaban J connectivity index is 2.09. The molecule has 0 atom stereocenters. The van der Waals surface area contributed by atoms with Gasteiger partial charge in [0, 0.05) is 25.2 Å². The molecule has 1 aliphatic rings. The van der Waals surface area contributed by atoms with E-state index >= 15 is 0 Å². The fourth-order valence-electron chi connectivity index (χ4n) is 2.27. The molecule has 0 radical (unpaired) electrons. The van der Waals surface area contributed by atoms with Gasteiger partial charge in [-0.3, -0.25) is 4.79 Å². The molecule has 1 rings (SSSR count). The van der Waals surface area contributed by atoms with Crippen LogP contribution in [0.2, 0.25) is 0 Å². The Labute approximate surface area is 110 Å². The number of Topliss-reactive ketones (excluding diaryl/α,β-unsaturated/α-hetero) is 1. The summed E-state index contributed by atoms with van der Waals surface area (Å²) < 4.78 is 28.0. The summed E-state index contributed by atoms with van der Waals surface area (Å²) in [6.45, 7) is 4.35. The van der Waals surface area contributed by atoms with Crippen molar-refractivity contribution in [1.29, 1.82) is 0 Å². The second-order valence-electron chi connectivity index (χ2n) is 5.00. The molecular formula is C13H24O4S. The van der Waals surface area contributed by atoms with Gasteiger partial charge in [-0.25, -0.2) is 8.42 Å². The van der Waals surface area contributed by atoms with Crippen molar-refractivity contribution in [2.75, 3.05) is 18.1 Å². The van der Waals surface area contributed by atoms with E-state index in [0.717, 1.165) is 19.4 Å². The fraction of sp³-hybridized carbons (Fsp3) is 0.923. The lowest BCUT2D eigenvalue weighted by Gasteiger charge is -2.34. The van der Waals surface area contributed by atoms with Crippen LogP contribution in [-0.4, -0.2) is 38.4 Å². The van der Waals surface area contributed by atoms with E-state index in [-0.39, 0.29) is 17.3 Å². The molecule has 1 saturated carbocycles. The summed E-state index contributed by atoms with van der Waals surface area (Å²) in [6, 6.07) is 0. The van der Waals surface area contributed by atoms with Crippen LogP contribution in [0.1, 0.15) is 46.0 Å². The van der Waals surface area contributed by atoms with E-state index in [1.165, 1.54) is 0 Å². The van der Waals surface area contributed by atoms with Crippen LogP contribution in [0.4, 0.5) is 0 Å². The number of ketones is 1. The number of carbonyl (C=O) groups excluding carboxylic acids is 1. The van der Waals surface area contributed by atoms with Gasteiger partial charge in [0.05, 0.1) is 11.9 Å². The second-order valence-corrected chi connectivity index (χ2v) is 7.47. The van der Waals surface area contributed by atoms with Gasteiger partial charge in [-0.2, -0.15) is 0 Å². The van der Waals surface area contributed by atoms with E-state index in [1.54, 1.807) is 6.92 Å². The minimum Gasteiger partial charge on any atom is -0.378 e. The van der Waals surface area contributed by atoms with E-state index in [0.29, 0.717) is 31.3 Å². The zero-order chi connectivity index (χ0) is 13.6. The lowest BCUT2D eigenvalue weighted by molar-refractivity contribution is -0.122. The van der Waals surface area contributed by atoms with Gasteiger partial charge in [0.25, 0.3) is 0 Å². The molecule has 0 N–H and O–H groups in total. The van der Waals surface area contributed by atoms with Crippen molar-refractivity contribution >= 4 is 15.6 Å². The lowest BCUT2D eigenvalue weighted by Crippen LogP contribution is -2.32. The molecule has 4 nitrogen and oxygen atoms in total. The van der Waals surface area contributed by atoms with Crippen LogP contribution >= 0.6 is 0 Å². The van der Waals surface area contributed by atoms with Crippen molar-refractivity contribution in [2.45, 2.75) is 52.1 Å². The van der Waals surface area contributed by atoms with Gasteiger partial charge in [-0.1, -0.05) is 6.92 Å². The number of ether oxygens (including phenoxy) is 1. The molecule has 18 heavy (non-hydrogen) atoms. The van der Waals surface area contributed by atoms with Crippen LogP contribution in [-0.2, 0) is 19.4 Å². The van der Waals surface area contributed by atoms with Crippen LogP contribution in [0.5, 0.6) is 0 Å². The first-order valence-electron chi connectivity index (χ1n) is 6.80. The zero-order valence-corrected chi connectivity index (χ0v) is 12.2. The molecule has 0 aromatic rings. The van der Waals surface area contributed by atoms with Crippen molar-refractivity contribution in [1.82, 2.24) is 0 Å². The van der Waals surface area contributed by atoms with Gasteiger partial charge in [0.1, 0.15) is 15.6 Å². The summed E-state index contributed by atoms with van der Waals surface area (Å²) in [5, 5.41) is 0. The van der Waals surface area contributed by atoms with Gasteiger partial charge in [-0.05, 0) is 32.1 Å². The molecule has 0 amide bonds. The number of rotatable bonds is 9. The number of hydrogen-bond acceptors (Lipinski definition) is 4. The Morgan fingerprint density at radius 2 is 1.94 bits per heavy atom. The predicted octanol–water partition coefficient (Wildman–Crippen LogP) is 1.98. The van der Waals surface area contributed by atoms with Crippen LogP contribution < -0.4 is 0 Å². The Hall–Kier alpha value is -0.420. The van der Waals surface area contributed by atoms with Gasteiger partial charge in [0.15, 0.2) is 0 Å². The molecule has 0 heterocycles. The van der Waals surface area contributed by atoms with Crippen molar-refractivity contribution in [3.63, 3.8) is 0 Å². The molecule has 0 aliphatic heterocycles. The highest BCUT2D eigenvalue weighted by Gasteiger charge is 2.30. The van der Waals surface area contributed by atoms with Gasteiger partial charge in [-0.15, -0.1) is 0 Å². The third-order valence-corrected chi connectivity index (χ3v) is 5.25. The lowest BCUT2D eigenvalue weighted by atomic mass is 9.78. The molecule has 0 saturated heterocycles. The van der Waals surface area contributed by atoms with Gasteiger partial charge >= 0.3 is 0 Å². The normalized spacial score (nSPS) is 23.7. The first-order chi connectivity index (χ1) is 8.46. The fourth-order valence-corrected chi connectivity index (χ4v) is 3.14. The Bertz CT molecular complexity index is 355. The highest BCUT2D eigenvalue weighted by molar-refractivity contribution is 7.91. The summed E-state index contributed by atoms with van der Waals surface area (Å²) >= 11 is 0. The third-order valence-electron chi connectivity index (χ3n) is 3.46. The van der Waals surface area contributed by atoms with Crippen LogP contribution in [0.15, 0.2) is 0 Å². The first kappa shape index (κ1) is 15.6. The maximum atomic E-state index is 11.6. The SMILES string of the molecule is CCOC1CC(CC(=O)CCCS(=O)(=O)CC)C1. The molecule has 0 aromatic heterocycles. The molecule has 0 unspecified atom stereocenters. The van der Waals surface area contributed by atoms with Crippen molar-refractivity contribution < 1.29 is 17.9 Å². The minimum absolute atomic E-state index is 0.140. The summed E-state index contributed by atoms with van der Waals surface area (Å²) in [4.78, 5) is 11.6. The highest BCUT2D eigenvalue weighted by atomic mass is 32.2. The third kappa shape index (κ3) is 5.48. The topological polar surface area (TPSA) is 60.4 Å². The maximum absolute atomic E-state index is 11.6. The molecule has 0 bridgehead atoms. The van der Waals surface area contributed by atoms with Crippen LogP contribution in [0, 0.1) is 5.92 Å². The zero-order valence-electron chi connectivity index (χ0n) is 11.4. The Kier molecular flexibility index (Phi) is 6.29. The largest absolute Gasteiger partial charge is 0.378 e. The van der Waals surface area contributed by atoms with Crippen molar-refractivity contribution in [3.05, 3.63) is 0 Å². The Morgan fingerprint density at radius 1 is 1.28 bits per heavy atom. The number of hydrogen-bond donors (Lipinski definition) is 0. The molecule has 106 valence electrons. The second kappa shape index (κ2) is 7.24. The molecule has 0 aromatic carbocycles. The Morgan fingerprint density at radius 3 is 2.50 bits per heavy atom. The minimum atomic E-state index is -2.92. The average molecular weight is 276 g/mol. The first-order valence-corrected chi connectivity index (χ1v) is 8.62. The van der Waals surface area contributed by atoms with E-state index < -0.39 is 9.84 Å². The standard InChI is InChI=1S/C13H24O4S/c1-3-17-13-9-11(10-13)8-12(14)6-5-7-18(15,16)4-2/h11,13H,3-10H2,1-2H3. The summed E-state index contributed by atoms with van der Waals surface area (Å²) in [5.74, 6) is 0.958. The van der Waals surface area contributed by atoms with E-state index in [4.69, 9.17) is 4.74 Å². The van der Waals surface area contributed by atoms with E-state index in [1.807, 2.05) is 6.92 Å². The van der Waals surface area contributed by atoms with Crippen LogP contribution in [0.3, 0.4) is 0 Å². The number of sulfone groups is 1. The highest BCUT2D eigenvalue weighted by Crippen LogP contribution is 2.33.